The van der Waals surface area contributed by atoms with Gasteiger partial charge in [0.25, 0.3) is 0 Å². The second kappa shape index (κ2) is 6.09. The highest BCUT2D eigenvalue weighted by atomic mass is 14.9. The van der Waals surface area contributed by atoms with E-state index in [2.05, 4.69) is 57.3 Å². The molecule has 0 bridgehead atoms. The van der Waals surface area contributed by atoms with Gasteiger partial charge in [-0.05, 0) is 47.8 Å². The van der Waals surface area contributed by atoms with Gasteiger partial charge in [0, 0.05) is 6.54 Å². The molecule has 2 atom stereocenters. The van der Waals surface area contributed by atoms with Gasteiger partial charge in [0.2, 0.25) is 0 Å². The summed E-state index contributed by atoms with van der Waals surface area (Å²) in [4.78, 5) is 0. The summed E-state index contributed by atoms with van der Waals surface area (Å²) in [6.45, 7) is 11.4. The molecule has 1 heteroatoms. The van der Waals surface area contributed by atoms with E-state index in [1.165, 1.54) is 36.9 Å². The van der Waals surface area contributed by atoms with Gasteiger partial charge in [-0.15, -0.1) is 0 Å². The number of hydrogen-bond donors (Lipinski definition) is 1. The minimum absolute atomic E-state index is 0.256. The van der Waals surface area contributed by atoms with Crippen LogP contribution in [0.4, 0.5) is 0 Å². The van der Waals surface area contributed by atoms with E-state index in [9.17, 15) is 0 Å². The van der Waals surface area contributed by atoms with Crippen LogP contribution >= 0.6 is 0 Å². The zero-order valence-corrected chi connectivity index (χ0v) is 13.0. The highest BCUT2D eigenvalue weighted by Crippen LogP contribution is 2.29. The fraction of sp³-hybridized carbons (Fsp3) is 0.667. The molecule has 0 aliphatic heterocycles. The lowest BCUT2D eigenvalue weighted by Gasteiger charge is -2.19. The Bertz CT molecular complexity index is 385. The Morgan fingerprint density at radius 2 is 1.79 bits per heavy atom. The first-order valence-corrected chi connectivity index (χ1v) is 7.75. The fourth-order valence-electron chi connectivity index (χ4n) is 3.05. The lowest BCUT2D eigenvalue weighted by Crippen LogP contribution is -2.21. The van der Waals surface area contributed by atoms with E-state index in [1.807, 2.05) is 0 Å². The van der Waals surface area contributed by atoms with Crippen LogP contribution in [0.5, 0.6) is 0 Å². The van der Waals surface area contributed by atoms with Gasteiger partial charge in [-0.1, -0.05) is 58.4 Å². The van der Waals surface area contributed by atoms with E-state index in [0.717, 1.165) is 18.4 Å². The lowest BCUT2D eigenvalue weighted by molar-refractivity contribution is 0.470. The van der Waals surface area contributed by atoms with E-state index in [4.69, 9.17) is 0 Å². The SMILES string of the molecule is CC1CCC(CNCc2ccc(C(C)(C)C)cc2)C1. The monoisotopic (exact) mass is 259 g/mol. The van der Waals surface area contributed by atoms with Crippen LogP contribution in [-0.2, 0) is 12.0 Å². The van der Waals surface area contributed by atoms with E-state index in [-0.39, 0.29) is 5.41 Å². The Balaban J connectivity index is 1.77. The van der Waals surface area contributed by atoms with Crippen molar-refractivity contribution < 1.29 is 0 Å². The van der Waals surface area contributed by atoms with Crippen LogP contribution in [0, 0.1) is 11.8 Å². The van der Waals surface area contributed by atoms with Crippen molar-refractivity contribution in [3.8, 4) is 0 Å². The third kappa shape index (κ3) is 4.35. The molecular formula is C18H29N. The third-order valence-corrected chi connectivity index (χ3v) is 4.39. The zero-order valence-electron chi connectivity index (χ0n) is 13.0. The smallest absolute Gasteiger partial charge is 0.0205 e. The zero-order chi connectivity index (χ0) is 13.9. The molecular weight excluding hydrogens is 230 g/mol. The number of rotatable bonds is 4. The molecule has 0 spiro atoms. The normalized spacial score (nSPS) is 23.8. The molecule has 0 saturated heterocycles. The van der Waals surface area contributed by atoms with Gasteiger partial charge < -0.3 is 5.32 Å². The molecule has 0 heterocycles. The molecule has 1 aromatic carbocycles. The van der Waals surface area contributed by atoms with Gasteiger partial charge in [0.1, 0.15) is 0 Å². The molecule has 106 valence electrons. The average molecular weight is 259 g/mol. The summed E-state index contributed by atoms with van der Waals surface area (Å²) in [6, 6.07) is 9.08. The van der Waals surface area contributed by atoms with E-state index in [1.54, 1.807) is 0 Å². The summed E-state index contributed by atoms with van der Waals surface area (Å²) < 4.78 is 0. The maximum atomic E-state index is 3.62. The van der Waals surface area contributed by atoms with Crippen molar-refractivity contribution in [2.24, 2.45) is 11.8 Å². The molecule has 1 aliphatic carbocycles. The van der Waals surface area contributed by atoms with E-state index < -0.39 is 0 Å². The van der Waals surface area contributed by atoms with Gasteiger partial charge in [0.05, 0.1) is 0 Å². The summed E-state index contributed by atoms with van der Waals surface area (Å²) in [5.74, 6) is 1.85. The van der Waals surface area contributed by atoms with Crippen molar-refractivity contribution in [1.29, 1.82) is 0 Å². The van der Waals surface area contributed by atoms with Crippen molar-refractivity contribution >= 4 is 0 Å². The Hall–Kier alpha value is -0.820. The van der Waals surface area contributed by atoms with Crippen LogP contribution in [0.25, 0.3) is 0 Å². The summed E-state index contributed by atoms with van der Waals surface area (Å²) in [7, 11) is 0. The molecule has 0 amide bonds. The maximum absolute atomic E-state index is 3.62. The molecule has 1 N–H and O–H groups in total. The second-order valence-electron chi connectivity index (χ2n) is 7.36. The molecule has 19 heavy (non-hydrogen) atoms. The quantitative estimate of drug-likeness (QED) is 0.839. The van der Waals surface area contributed by atoms with Crippen molar-refractivity contribution in [2.75, 3.05) is 6.54 Å². The minimum Gasteiger partial charge on any atom is -0.312 e. The molecule has 1 nitrogen and oxygen atoms in total. The lowest BCUT2D eigenvalue weighted by atomic mass is 9.87. The molecule has 1 saturated carbocycles. The molecule has 2 unspecified atom stereocenters. The predicted molar refractivity (Wildman–Crippen MR) is 83.4 cm³/mol. The predicted octanol–water partition coefficient (Wildman–Crippen LogP) is 4.51. The Morgan fingerprint density at radius 3 is 2.32 bits per heavy atom. The molecule has 1 aromatic rings. The van der Waals surface area contributed by atoms with Crippen LogP contribution in [0.15, 0.2) is 24.3 Å². The van der Waals surface area contributed by atoms with Crippen molar-refractivity contribution in [1.82, 2.24) is 5.32 Å². The molecule has 2 rings (SSSR count). The van der Waals surface area contributed by atoms with Crippen LogP contribution in [0.3, 0.4) is 0 Å². The first-order valence-electron chi connectivity index (χ1n) is 7.75. The Labute approximate surface area is 118 Å². The first-order chi connectivity index (χ1) is 8.95. The van der Waals surface area contributed by atoms with Crippen molar-refractivity contribution in [3.63, 3.8) is 0 Å². The number of benzene rings is 1. The summed E-state index contributed by atoms with van der Waals surface area (Å²) in [6.07, 6.45) is 4.25. The number of nitrogens with one attached hydrogen (secondary N) is 1. The van der Waals surface area contributed by atoms with Crippen LogP contribution in [-0.4, -0.2) is 6.54 Å². The highest BCUT2D eigenvalue weighted by Gasteiger charge is 2.20. The van der Waals surface area contributed by atoms with Gasteiger partial charge in [-0.25, -0.2) is 0 Å². The van der Waals surface area contributed by atoms with Crippen LogP contribution in [0.1, 0.15) is 58.1 Å². The summed E-state index contributed by atoms with van der Waals surface area (Å²) in [5, 5.41) is 3.62. The largest absolute Gasteiger partial charge is 0.312 e. The van der Waals surface area contributed by atoms with Gasteiger partial charge in [-0.3, -0.25) is 0 Å². The standard InChI is InChI=1S/C18H29N/c1-14-5-6-16(11-14)13-19-12-15-7-9-17(10-8-15)18(2,3)4/h7-10,14,16,19H,5-6,11-13H2,1-4H3. The number of hydrogen-bond acceptors (Lipinski definition) is 1. The first kappa shape index (κ1) is 14.6. The van der Waals surface area contributed by atoms with Gasteiger partial charge >= 0.3 is 0 Å². The van der Waals surface area contributed by atoms with Gasteiger partial charge in [0.15, 0.2) is 0 Å². The minimum atomic E-state index is 0.256. The summed E-state index contributed by atoms with van der Waals surface area (Å²) >= 11 is 0. The average Bonchev–Trinajstić information content (AvgIpc) is 2.75. The highest BCUT2D eigenvalue weighted by molar-refractivity contribution is 5.27. The van der Waals surface area contributed by atoms with Crippen molar-refractivity contribution in [3.05, 3.63) is 35.4 Å². The Kier molecular flexibility index (Phi) is 4.67. The van der Waals surface area contributed by atoms with Crippen LogP contribution < -0.4 is 5.32 Å². The molecule has 0 aromatic heterocycles. The topological polar surface area (TPSA) is 12.0 Å². The third-order valence-electron chi connectivity index (χ3n) is 4.39. The van der Waals surface area contributed by atoms with E-state index >= 15 is 0 Å². The molecule has 1 aliphatic rings. The molecule has 1 fully saturated rings. The van der Waals surface area contributed by atoms with Crippen molar-refractivity contribution in [2.45, 2.75) is 58.9 Å². The Morgan fingerprint density at radius 1 is 1.11 bits per heavy atom. The summed E-state index contributed by atoms with van der Waals surface area (Å²) in [5.41, 5.74) is 3.08. The molecule has 0 radical (unpaired) electrons. The maximum Gasteiger partial charge on any atom is 0.0205 e. The second-order valence-corrected chi connectivity index (χ2v) is 7.36. The van der Waals surface area contributed by atoms with Gasteiger partial charge in [-0.2, -0.15) is 0 Å². The fourth-order valence-corrected chi connectivity index (χ4v) is 3.05. The van der Waals surface area contributed by atoms with Crippen LogP contribution in [0.2, 0.25) is 0 Å². The van der Waals surface area contributed by atoms with E-state index in [0.29, 0.717) is 0 Å².